The number of rotatable bonds is 4. The summed E-state index contributed by atoms with van der Waals surface area (Å²) in [5.74, 6) is -2.93. The topological polar surface area (TPSA) is 178 Å². The SMILES string of the molecule is CCC(=O)c1cn2c(c(O)c1=O)C(=O)N1[C@@H](C)CO[C@@H]1C2.CCC(=O)c1cn2c(c(O)c1=O)C(=O)N1[C@H](C)CCO[C@@]1(C)C2. The molecule has 14 nitrogen and oxygen atoms in total. The van der Waals surface area contributed by atoms with E-state index in [4.69, 9.17) is 9.47 Å². The minimum Gasteiger partial charge on any atom is -0.503 e. The van der Waals surface area contributed by atoms with Gasteiger partial charge in [0.25, 0.3) is 11.8 Å². The Morgan fingerprint density at radius 2 is 1.43 bits per heavy atom. The predicted molar refractivity (Wildman–Crippen MR) is 154 cm³/mol. The minimum atomic E-state index is -0.851. The molecule has 44 heavy (non-hydrogen) atoms. The van der Waals surface area contributed by atoms with E-state index in [2.05, 4.69) is 0 Å². The van der Waals surface area contributed by atoms with E-state index >= 15 is 0 Å². The predicted octanol–water partition coefficient (Wildman–Crippen LogP) is 1.47. The fourth-order valence-corrected chi connectivity index (χ4v) is 6.33. The molecule has 2 aromatic rings. The Bertz CT molecular complexity index is 1690. The molecule has 4 aliphatic heterocycles. The van der Waals surface area contributed by atoms with Gasteiger partial charge < -0.3 is 38.6 Å². The summed E-state index contributed by atoms with van der Waals surface area (Å²) >= 11 is 0. The van der Waals surface area contributed by atoms with Gasteiger partial charge in [0, 0.05) is 31.3 Å². The molecule has 2 amide bonds. The van der Waals surface area contributed by atoms with Gasteiger partial charge in [-0.3, -0.25) is 28.8 Å². The average Bonchev–Trinajstić information content (AvgIpc) is 3.36. The first-order valence-electron chi connectivity index (χ1n) is 14.7. The number of amides is 2. The number of aromatic nitrogens is 2. The number of pyridine rings is 2. The van der Waals surface area contributed by atoms with E-state index in [1.54, 1.807) is 25.7 Å². The van der Waals surface area contributed by atoms with Crippen molar-refractivity contribution in [1.82, 2.24) is 18.9 Å². The third kappa shape index (κ3) is 4.81. The maximum Gasteiger partial charge on any atom is 0.277 e. The molecule has 0 unspecified atom stereocenters. The maximum atomic E-state index is 12.8. The van der Waals surface area contributed by atoms with Gasteiger partial charge in [0.2, 0.25) is 10.9 Å². The van der Waals surface area contributed by atoms with Crippen LogP contribution < -0.4 is 10.9 Å². The highest BCUT2D eigenvalue weighted by Crippen LogP contribution is 2.36. The van der Waals surface area contributed by atoms with Crippen molar-refractivity contribution in [1.29, 1.82) is 0 Å². The zero-order chi connectivity index (χ0) is 32.2. The van der Waals surface area contributed by atoms with Gasteiger partial charge >= 0.3 is 0 Å². The van der Waals surface area contributed by atoms with Crippen LogP contribution in [0.2, 0.25) is 0 Å². The van der Waals surface area contributed by atoms with Crippen LogP contribution in [-0.4, -0.2) is 89.8 Å². The van der Waals surface area contributed by atoms with Crippen LogP contribution in [0.25, 0.3) is 0 Å². The molecule has 2 aromatic heterocycles. The lowest BCUT2D eigenvalue weighted by atomic mass is 9.99. The largest absolute Gasteiger partial charge is 0.503 e. The fourth-order valence-electron chi connectivity index (χ4n) is 6.33. The Morgan fingerprint density at radius 1 is 0.886 bits per heavy atom. The second-order valence-electron chi connectivity index (χ2n) is 11.7. The van der Waals surface area contributed by atoms with Crippen molar-refractivity contribution in [3.8, 4) is 11.5 Å². The van der Waals surface area contributed by atoms with Crippen LogP contribution in [0, 0.1) is 0 Å². The molecule has 0 saturated carbocycles. The van der Waals surface area contributed by atoms with Crippen LogP contribution >= 0.6 is 0 Å². The van der Waals surface area contributed by atoms with Gasteiger partial charge in [0.1, 0.15) is 0 Å². The smallest absolute Gasteiger partial charge is 0.277 e. The summed E-state index contributed by atoms with van der Waals surface area (Å²) < 4.78 is 14.3. The molecule has 0 spiro atoms. The van der Waals surface area contributed by atoms with Gasteiger partial charge in [-0.1, -0.05) is 13.8 Å². The molecule has 0 radical (unpaired) electrons. The van der Waals surface area contributed by atoms with E-state index in [0.717, 1.165) is 0 Å². The summed E-state index contributed by atoms with van der Waals surface area (Å²) in [6, 6.07) is -0.163. The van der Waals surface area contributed by atoms with Crippen LogP contribution in [0.15, 0.2) is 22.0 Å². The summed E-state index contributed by atoms with van der Waals surface area (Å²) in [5, 5.41) is 20.3. The normalized spacial score (nSPS) is 25.3. The molecule has 2 saturated heterocycles. The number of nitrogens with zero attached hydrogens (tertiary/aromatic N) is 4. The first-order valence-corrected chi connectivity index (χ1v) is 14.7. The average molecular weight is 613 g/mol. The number of carbonyl (C=O) groups excluding carboxylic acids is 4. The van der Waals surface area contributed by atoms with Crippen molar-refractivity contribution in [3.05, 3.63) is 55.4 Å². The molecule has 0 bridgehead atoms. The highest BCUT2D eigenvalue weighted by atomic mass is 16.5. The number of fused-ring (bicyclic) bond motifs is 4. The third-order valence-corrected chi connectivity index (χ3v) is 8.64. The minimum absolute atomic E-state index is 0.0542. The van der Waals surface area contributed by atoms with Gasteiger partial charge in [-0.05, 0) is 27.2 Å². The van der Waals surface area contributed by atoms with E-state index in [1.807, 2.05) is 13.8 Å². The van der Waals surface area contributed by atoms with E-state index in [1.165, 1.54) is 26.4 Å². The van der Waals surface area contributed by atoms with Gasteiger partial charge in [-0.25, -0.2) is 0 Å². The molecule has 2 fully saturated rings. The van der Waals surface area contributed by atoms with E-state index in [0.29, 0.717) is 26.2 Å². The second-order valence-corrected chi connectivity index (χ2v) is 11.7. The van der Waals surface area contributed by atoms with Crippen molar-refractivity contribution < 1.29 is 38.9 Å². The van der Waals surface area contributed by atoms with Crippen molar-refractivity contribution in [2.75, 3.05) is 13.2 Å². The fraction of sp³-hybridized carbons (Fsp3) is 0.533. The Morgan fingerprint density at radius 3 is 2.00 bits per heavy atom. The molecule has 4 atom stereocenters. The summed E-state index contributed by atoms with van der Waals surface area (Å²) in [6.45, 7) is 10.3. The first kappa shape index (κ1) is 31.1. The number of carbonyl (C=O) groups is 4. The van der Waals surface area contributed by atoms with Crippen molar-refractivity contribution >= 4 is 23.4 Å². The molecule has 2 N–H and O–H groups in total. The monoisotopic (exact) mass is 612 g/mol. The zero-order valence-corrected chi connectivity index (χ0v) is 25.3. The highest BCUT2D eigenvalue weighted by molar-refractivity contribution is 6.01. The Hall–Kier alpha value is -4.30. The van der Waals surface area contributed by atoms with Gasteiger partial charge in [-0.2, -0.15) is 0 Å². The lowest BCUT2D eigenvalue weighted by Crippen LogP contribution is -2.64. The third-order valence-electron chi connectivity index (χ3n) is 8.64. The molecule has 0 aromatic carbocycles. The van der Waals surface area contributed by atoms with Crippen LogP contribution in [0.3, 0.4) is 0 Å². The van der Waals surface area contributed by atoms with E-state index < -0.39 is 46.1 Å². The molecule has 14 heteroatoms. The highest BCUT2D eigenvalue weighted by Gasteiger charge is 2.48. The van der Waals surface area contributed by atoms with E-state index in [9.17, 15) is 39.0 Å². The number of Topliss-reactive ketones (excluding diaryl/α,β-unsaturated/α-hetero) is 2. The standard InChI is InChI=1S/C16H20N2O5.C14H16N2O5/c1-4-11(19)10-7-17-8-16(3)18(9(2)5-6-23-16)15(22)12(17)14(21)13(10)20;1-3-9(17)8-4-15-5-10-16(7(2)6-21-10)14(20)11(15)13(19)12(8)18/h7,9,21H,4-6,8H2,1-3H3;4,7,10,19H,3,5-6H2,1-2H3/t9-,16+;7-,10+/m10/s1. The summed E-state index contributed by atoms with van der Waals surface area (Å²) in [4.78, 5) is 76.4. The molecule has 6 heterocycles. The molecular weight excluding hydrogens is 576 g/mol. The van der Waals surface area contributed by atoms with Crippen LogP contribution in [0.5, 0.6) is 11.5 Å². The lowest BCUT2D eigenvalue weighted by molar-refractivity contribution is -0.185. The number of aromatic hydroxyl groups is 2. The molecule has 4 aliphatic rings. The van der Waals surface area contributed by atoms with Gasteiger partial charge in [0.05, 0.1) is 43.5 Å². The number of ketones is 2. The Labute approximate surface area is 252 Å². The number of hydrogen-bond acceptors (Lipinski definition) is 10. The van der Waals surface area contributed by atoms with Crippen molar-refractivity contribution in [3.63, 3.8) is 0 Å². The molecule has 6 rings (SSSR count). The Balaban J connectivity index is 0.000000175. The second kappa shape index (κ2) is 11.3. The molecule has 236 valence electrons. The summed E-state index contributed by atoms with van der Waals surface area (Å²) in [7, 11) is 0. The number of ether oxygens (including phenoxy) is 2. The maximum absolute atomic E-state index is 12.8. The van der Waals surface area contributed by atoms with Crippen molar-refractivity contribution in [2.45, 2.75) is 91.0 Å². The summed E-state index contributed by atoms with van der Waals surface area (Å²) in [5.41, 5.74) is -2.75. The first-order chi connectivity index (χ1) is 20.7. The van der Waals surface area contributed by atoms with Gasteiger partial charge in [-0.15, -0.1) is 0 Å². The van der Waals surface area contributed by atoms with Crippen LogP contribution in [0.4, 0.5) is 0 Å². The number of hydrogen-bond donors (Lipinski definition) is 2. The van der Waals surface area contributed by atoms with Crippen molar-refractivity contribution in [2.24, 2.45) is 0 Å². The quantitative estimate of drug-likeness (QED) is 0.481. The Kier molecular flexibility index (Phi) is 8.01. The molecule has 0 aliphatic carbocycles. The molecular formula is C30H36N4O10. The van der Waals surface area contributed by atoms with Crippen LogP contribution in [0.1, 0.15) is 95.6 Å². The van der Waals surface area contributed by atoms with Crippen LogP contribution in [-0.2, 0) is 22.6 Å². The lowest BCUT2D eigenvalue weighted by Gasteiger charge is -2.51. The van der Waals surface area contributed by atoms with Gasteiger partial charge in [0.15, 0.2) is 46.4 Å². The van der Waals surface area contributed by atoms with E-state index in [-0.39, 0.29) is 65.6 Å². The summed E-state index contributed by atoms with van der Waals surface area (Å²) in [6.07, 6.45) is 3.30. The zero-order valence-electron chi connectivity index (χ0n) is 25.3.